The minimum atomic E-state index is -1.42. The highest BCUT2D eigenvalue weighted by Gasteiger charge is 2.54. The molecule has 0 unspecified atom stereocenters. The summed E-state index contributed by atoms with van der Waals surface area (Å²) in [6.07, 6.45) is 3.30. The third kappa shape index (κ3) is 13.3. The van der Waals surface area contributed by atoms with E-state index in [0.29, 0.717) is 11.8 Å². The van der Waals surface area contributed by atoms with Gasteiger partial charge in [-0.15, -0.1) is 5.10 Å². The zero-order chi connectivity index (χ0) is 45.4. The maximum absolute atomic E-state index is 12.6. The Bertz CT molecular complexity index is 1920. The zero-order valence-electron chi connectivity index (χ0n) is 38.1. The summed E-state index contributed by atoms with van der Waals surface area (Å²) in [6, 6.07) is 6.32. The lowest BCUT2D eigenvalue weighted by atomic mass is 9.71. The van der Waals surface area contributed by atoms with Crippen molar-refractivity contribution in [3.05, 3.63) is 52.2 Å². The van der Waals surface area contributed by atoms with Gasteiger partial charge in [0, 0.05) is 65.0 Å². The molecule has 4 heterocycles. The average molecular weight is 867 g/mol. The molecule has 0 radical (unpaired) electrons. The highest BCUT2D eigenvalue weighted by molar-refractivity contribution is 5.69. The lowest BCUT2D eigenvalue weighted by molar-refractivity contribution is -0.289. The first kappa shape index (κ1) is 48.1. The third-order valence-corrected chi connectivity index (χ3v) is 11.7. The first-order chi connectivity index (χ1) is 29.2. The van der Waals surface area contributed by atoms with Crippen molar-refractivity contribution < 1.29 is 57.1 Å². The lowest BCUT2D eigenvalue weighted by Crippen LogP contribution is -2.63. The van der Waals surface area contributed by atoms with Gasteiger partial charge in [0.1, 0.15) is 18.3 Å². The maximum atomic E-state index is 12.6. The summed E-state index contributed by atoms with van der Waals surface area (Å²) in [7, 11) is 0. The van der Waals surface area contributed by atoms with Gasteiger partial charge in [-0.2, -0.15) is 0 Å². The summed E-state index contributed by atoms with van der Waals surface area (Å²) < 4.78 is 40.1. The summed E-state index contributed by atoms with van der Waals surface area (Å²) in [5.74, 6) is -2.61. The number of H-pyrrole nitrogens is 1. The Labute approximate surface area is 365 Å². The van der Waals surface area contributed by atoms with E-state index in [9.17, 15) is 24.0 Å². The highest BCUT2D eigenvalue weighted by atomic mass is 16.7. The van der Waals surface area contributed by atoms with E-state index in [-0.39, 0.29) is 24.5 Å². The molecule has 342 valence electrons. The van der Waals surface area contributed by atoms with Gasteiger partial charge in [-0.1, -0.05) is 44.2 Å². The largest absolute Gasteiger partial charge is 0.463 e. The minimum absolute atomic E-state index is 0.0235. The quantitative estimate of drug-likeness (QED) is 0.162. The van der Waals surface area contributed by atoms with Crippen molar-refractivity contribution in [1.29, 1.82) is 0 Å². The molecule has 3 aliphatic heterocycles. The average Bonchev–Trinajstić information content (AvgIpc) is 3.57. The number of aromatic nitrogens is 2. The number of likely N-dealkylation sites (tertiary alicyclic amines) is 2. The van der Waals surface area contributed by atoms with Crippen LogP contribution < -0.4 is 4.74 Å². The fourth-order valence-corrected chi connectivity index (χ4v) is 8.43. The second-order valence-electron chi connectivity index (χ2n) is 18.1. The molecule has 16 nitrogen and oxygen atoms in total. The van der Waals surface area contributed by atoms with E-state index in [1.165, 1.54) is 27.7 Å². The van der Waals surface area contributed by atoms with Crippen molar-refractivity contribution in [3.8, 4) is 5.88 Å². The number of hydrogen-bond acceptors (Lipinski definition) is 14. The molecule has 3 fully saturated rings. The molecule has 1 aromatic heterocycles. The van der Waals surface area contributed by atoms with E-state index in [4.69, 9.17) is 33.2 Å². The van der Waals surface area contributed by atoms with E-state index in [1.54, 1.807) is 0 Å². The van der Waals surface area contributed by atoms with E-state index in [2.05, 4.69) is 52.4 Å². The molecule has 1 N–H and O–H groups in total. The molecule has 0 bridgehead atoms. The zero-order valence-corrected chi connectivity index (χ0v) is 38.1. The van der Waals surface area contributed by atoms with Gasteiger partial charge in [0.05, 0.1) is 0 Å². The fourth-order valence-electron chi connectivity index (χ4n) is 8.43. The second kappa shape index (κ2) is 20.9. The molecule has 0 saturated carbocycles. The maximum Gasteiger partial charge on any atom is 0.410 e. The van der Waals surface area contributed by atoms with Gasteiger partial charge in [-0.3, -0.25) is 24.3 Å². The van der Waals surface area contributed by atoms with Crippen LogP contribution in [0, 0.1) is 12.3 Å². The van der Waals surface area contributed by atoms with Gasteiger partial charge in [-0.05, 0) is 101 Å². The van der Waals surface area contributed by atoms with Crippen LogP contribution in [0.2, 0.25) is 0 Å². The topological polar surface area (TPSA) is 185 Å². The van der Waals surface area contributed by atoms with Gasteiger partial charge >= 0.3 is 30.0 Å². The molecule has 62 heavy (non-hydrogen) atoms. The number of aromatic amines is 1. The predicted molar refractivity (Wildman–Crippen MR) is 228 cm³/mol. The molecule has 2 aromatic rings. The van der Waals surface area contributed by atoms with Crippen LogP contribution in [0.15, 0.2) is 24.3 Å². The smallest absolute Gasteiger partial charge is 0.410 e. The monoisotopic (exact) mass is 866 g/mol. The Hall–Kier alpha value is -4.96. The van der Waals surface area contributed by atoms with E-state index in [1.807, 2.05) is 39.5 Å². The summed E-state index contributed by atoms with van der Waals surface area (Å²) in [4.78, 5) is 65.7. The Kier molecular flexibility index (Phi) is 16.2. The van der Waals surface area contributed by atoms with Crippen molar-refractivity contribution in [1.82, 2.24) is 20.0 Å². The normalized spacial score (nSPS) is 23.0. The van der Waals surface area contributed by atoms with Crippen molar-refractivity contribution in [2.75, 3.05) is 39.3 Å². The molecular weight excluding hydrogens is 801 g/mol. The number of rotatable bonds is 14. The summed E-state index contributed by atoms with van der Waals surface area (Å²) in [5.41, 5.74) is 4.60. The van der Waals surface area contributed by atoms with Gasteiger partial charge in [0.15, 0.2) is 12.2 Å². The van der Waals surface area contributed by atoms with Gasteiger partial charge in [-0.25, -0.2) is 4.79 Å². The van der Waals surface area contributed by atoms with Crippen LogP contribution in [0.3, 0.4) is 0 Å². The Morgan fingerprint density at radius 3 is 2.08 bits per heavy atom. The molecule has 3 saturated heterocycles. The molecule has 1 aromatic carbocycles. The van der Waals surface area contributed by atoms with Crippen LogP contribution in [0.1, 0.15) is 128 Å². The highest BCUT2D eigenvalue weighted by Crippen LogP contribution is 2.42. The molecule has 0 aliphatic carbocycles. The van der Waals surface area contributed by atoms with Crippen LogP contribution in [0.5, 0.6) is 5.88 Å². The van der Waals surface area contributed by atoms with Crippen LogP contribution in [-0.2, 0) is 54.0 Å². The van der Waals surface area contributed by atoms with Gasteiger partial charge in [0.25, 0.3) is 0 Å². The molecule has 1 amide bonds. The molecule has 1 spiro atoms. The first-order valence-corrected chi connectivity index (χ1v) is 21.7. The number of aryl methyl sites for hydroxylation is 1. The number of amides is 1. The summed E-state index contributed by atoms with van der Waals surface area (Å²) in [5, 5.41) is 7.59. The van der Waals surface area contributed by atoms with Crippen molar-refractivity contribution in [2.45, 2.75) is 150 Å². The van der Waals surface area contributed by atoms with Crippen LogP contribution >= 0.6 is 0 Å². The number of esters is 4. The minimum Gasteiger partial charge on any atom is -0.463 e. The SMILES string of the molecule is CC(=O)OC[C@H]1O[C@@H](Oc2n[nH]c(C(C)C)c2Cc2ccc(/C=C/CCN3CCC4(CC3)CCN(C(=O)OC(C)(C)C)CC4)cc2C)[C@H](OC(C)=O)[C@@H](OC(C)=O)[C@@H]1OC(C)=O. The molecule has 5 rings (SSSR count). The van der Waals surface area contributed by atoms with Crippen LogP contribution in [-0.4, -0.2) is 126 Å². The predicted octanol–water partition coefficient (Wildman–Crippen LogP) is 6.41. The van der Waals surface area contributed by atoms with E-state index in [0.717, 1.165) is 92.8 Å². The second-order valence-corrected chi connectivity index (χ2v) is 18.1. The molecular formula is C46H66N4O12. The van der Waals surface area contributed by atoms with Gasteiger partial charge < -0.3 is 43.0 Å². The van der Waals surface area contributed by atoms with Crippen molar-refractivity contribution in [3.63, 3.8) is 0 Å². The standard InChI is InChI=1S/C46H66N4O12/c1-28(2)38-36(42(48-47-38)61-43-41(59-33(7)54)40(58-32(6)53)39(57-31(5)52)37(60-43)27-56-30(4)51)26-35-15-14-34(25-29(35)3)13-11-12-20-49-21-16-46(17-22-49)18-23-50(24-19-46)44(55)62-45(8,9)10/h11,13-15,25,28,37,39-41,43H,12,16-24,26-27H2,1-10H3,(H,47,48)/b13-11+/t37-,39-,40+,41-,43+/m1/s1. The number of nitrogens with one attached hydrogen (secondary N) is 1. The summed E-state index contributed by atoms with van der Waals surface area (Å²) in [6.45, 7) is 20.8. The number of piperidine rings is 2. The molecule has 3 aliphatic rings. The lowest BCUT2D eigenvalue weighted by Gasteiger charge is -2.46. The number of carbonyl (C=O) groups is 5. The Morgan fingerprint density at radius 1 is 0.887 bits per heavy atom. The van der Waals surface area contributed by atoms with E-state index >= 15 is 0 Å². The van der Waals surface area contributed by atoms with Crippen LogP contribution in [0.4, 0.5) is 4.79 Å². The number of ether oxygens (including phenoxy) is 7. The summed E-state index contributed by atoms with van der Waals surface area (Å²) >= 11 is 0. The van der Waals surface area contributed by atoms with Crippen molar-refractivity contribution >= 4 is 36.0 Å². The number of hydrogen-bond donors (Lipinski definition) is 1. The Morgan fingerprint density at radius 2 is 1.50 bits per heavy atom. The van der Waals surface area contributed by atoms with Gasteiger partial charge in [0.2, 0.25) is 18.3 Å². The van der Waals surface area contributed by atoms with E-state index < -0.39 is 60.2 Å². The molecule has 16 heteroatoms. The third-order valence-electron chi connectivity index (χ3n) is 11.7. The first-order valence-electron chi connectivity index (χ1n) is 21.7. The number of benzene rings is 1. The molecule has 5 atom stereocenters. The fraction of sp³-hybridized carbons (Fsp3) is 0.652. The van der Waals surface area contributed by atoms with Crippen molar-refractivity contribution in [2.24, 2.45) is 5.41 Å². The van der Waals surface area contributed by atoms with Crippen LogP contribution in [0.25, 0.3) is 6.08 Å². The number of nitrogens with zero attached hydrogens (tertiary/aromatic N) is 3. The Balaban J connectivity index is 1.23. The number of carbonyl (C=O) groups excluding carboxylic acids is 5.